The molecule has 0 saturated carbocycles. The number of fused-ring (bicyclic) bond motifs is 1. The van der Waals surface area contributed by atoms with Crippen molar-refractivity contribution in [2.24, 2.45) is 0 Å². The molecule has 0 aliphatic heterocycles. The van der Waals surface area contributed by atoms with Gasteiger partial charge in [-0.15, -0.1) is 0 Å². The van der Waals surface area contributed by atoms with E-state index in [4.69, 9.17) is 0 Å². The molecule has 0 fully saturated rings. The number of hydrogen-bond acceptors (Lipinski definition) is 5. The average molecular weight is 444 g/mol. The van der Waals surface area contributed by atoms with E-state index >= 15 is 0 Å². The van der Waals surface area contributed by atoms with Crippen LogP contribution in [0.1, 0.15) is 28.7 Å². The number of aromatic nitrogens is 2. The summed E-state index contributed by atoms with van der Waals surface area (Å²) in [6.45, 7) is 5.96. The highest BCUT2D eigenvalue weighted by molar-refractivity contribution is 7.92. The molecule has 1 heterocycles. The van der Waals surface area contributed by atoms with Crippen LogP contribution in [0, 0.1) is 13.8 Å². The SMILES string of the molecule is CCn1c(C)nc2cc(C(=O)NNC(=O)CN(c3ccccc3C)S(C)(=O)=O)ccc21. The molecule has 2 amide bonds. The van der Waals surface area contributed by atoms with Crippen molar-refractivity contribution in [3.63, 3.8) is 0 Å². The van der Waals surface area contributed by atoms with Crippen molar-refractivity contribution < 1.29 is 18.0 Å². The van der Waals surface area contributed by atoms with Crippen molar-refractivity contribution in [2.45, 2.75) is 27.3 Å². The lowest BCUT2D eigenvalue weighted by Crippen LogP contribution is -2.47. The summed E-state index contributed by atoms with van der Waals surface area (Å²) in [5, 5.41) is 0. The van der Waals surface area contributed by atoms with E-state index in [1.165, 1.54) is 0 Å². The van der Waals surface area contributed by atoms with Crippen molar-refractivity contribution in [1.29, 1.82) is 0 Å². The summed E-state index contributed by atoms with van der Waals surface area (Å²) in [7, 11) is -3.71. The van der Waals surface area contributed by atoms with Gasteiger partial charge in [-0.05, 0) is 50.6 Å². The molecule has 3 aromatic rings. The van der Waals surface area contributed by atoms with Crippen molar-refractivity contribution in [3.8, 4) is 0 Å². The van der Waals surface area contributed by atoms with Gasteiger partial charge in [0.2, 0.25) is 10.0 Å². The fourth-order valence-corrected chi connectivity index (χ4v) is 4.30. The molecule has 0 bridgehead atoms. The van der Waals surface area contributed by atoms with Gasteiger partial charge in [-0.1, -0.05) is 18.2 Å². The number of carbonyl (C=O) groups is 2. The second kappa shape index (κ2) is 8.76. The van der Waals surface area contributed by atoms with Gasteiger partial charge in [0.1, 0.15) is 12.4 Å². The predicted molar refractivity (Wildman–Crippen MR) is 119 cm³/mol. The number of para-hydroxylation sites is 1. The van der Waals surface area contributed by atoms with E-state index in [-0.39, 0.29) is 0 Å². The predicted octanol–water partition coefficient (Wildman–Crippen LogP) is 1.90. The minimum Gasteiger partial charge on any atom is -0.329 e. The Balaban J connectivity index is 1.70. The second-order valence-electron chi connectivity index (χ2n) is 7.17. The summed E-state index contributed by atoms with van der Waals surface area (Å²) in [5.74, 6) is -0.351. The molecule has 0 spiro atoms. The first kappa shape index (κ1) is 22.3. The zero-order valence-electron chi connectivity index (χ0n) is 17.8. The standard InChI is InChI=1S/C21H25N5O4S/c1-5-25-15(3)22-17-12-16(10-11-19(17)25)21(28)24-23-20(27)13-26(31(4,29)30)18-9-7-6-8-14(18)2/h6-12H,5,13H2,1-4H3,(H,23,27)(H,24,28). The third-order valence-corrected chi connectivity index (χ3v) is 6.03. The lowest BCUT2D eigenvalue weighted by atomic mass is 10.2. The Labute approximate surface area is 181 Å². The monoisotopic (exact) mass is 443 g/mol. The smallest absolute Gasteiger partial charge is 0.269 e. The molecule has 0 aliphatic carbocycles. The van der Waals surface area contributed by atoms with Crippen molar-refractivity contribution in [2.75, 3.05) is 17.1 Å². The van der Waals surface area contributed by atoms with Gasteiger partial charge < -0.3 is 4.57 Å². The lowest BCUT2D eigenvalue weighted by molar-refractivity contribution is -0.120. The van der Waals surface area contributed by atoms with Crippen LogP contribution >= 0.6 is 0 Å². The molecular formula is C21H25N5O4S. The van der Waals surface area contributed by atoms with Crippen LogP contribution in [0.2, 0.25) is 0 Å². The second-order valence-corrected chi connectivity index (χ2v) is 9.07. The summed E-state index contributed by atoms with van der Waals surface area (Å²) >= 11 is 0. The first-order valence-electron chi connectivity index (χ1n) is 9.71. The van der Waals surface area contributed by atoms with Gasteiger partial charge in [-0.2, -0.15) is 0 Å². The molecule has 0 radical (unpaired) electrons. The number of hydrogen-bond donors (Lipinski definition) is 2. The molecule has 0 unspecified atom stereocenters. The van der Waals surface area contributed by atoms with Gasteiger partial charge in [0, 0.05) is 12.1 Å². The van der Waals surface area contributed by atoms with E-state index < -0.39 is 28.4 Å². The number of amides is 2. The van der Waals surface area contributed by atoms with Crippen LogP contribution in [0.25, 0.3) is 11.0 Å². The summed E-state index contributed by atoms with van der Waals surface area (Å²) in [6, 6.07) is 11.9. The Morgan fingerprint density at radius 2 is 1.81 bits per heavy atom. The molecule has 9 nitrogen and oxygen atoms in total. The Bertz CT molecular complexity index is 1250. The molecule has 1 aromatic heterocycles. The molecule has 0 aliphatic rings. The van der Waals surface area contributed by atoms with Crippen LogP contribution in [-0.4, -0.2) is 42.6 Å². The number of hydrazine groups is 1. The van der Waals surface area contributed by atoms with Crippen LogP contribution in [0.5, 0.6) is 0 Å². The molecule has 0 saturated heterocycles. The number of imidazole rings is 1. The third-order valence-electron chi connectivity index (χ3n) is 4.90. The highest BCUT2D eigenvalue weighted by Gasteiger charge is 2.22. The average Bonchev–Trinajstić information content (AvgIpc) is 3.04. The molecule has 164 valence electrons. The van der Waals surface area contributed by atoms with Crippen molar-refractivity contribution in [3.05, 3.63) is 59.4 Å². The fourth-order valence-electron chi connectivity index (χ4n) is 3.38. The van der Waals surface area contributed by atoms with Gasteiger partial charge in [-0.25, -0.2) is 13.4 Å². The summed E-state index contributed by atoms with van der Waals surface area (Å²) < 4.78 is 27.4. The topological polar surface area (TPSA) is 113 Å². The van der Waals surface area contributed by atoms with E-state index in [1.54, 1.807) is 49.4 Å². The zero-order valence-corrected chi connectivity index (χ0v) is 18.7. The third kappa shape index (κ3) is 4.85. The number of nitrogens with zero attached hydrogens (tertiary/aromatic N) is 3. The van der Waals surface area contributed by atoms with Gasteiger partial charge in [-0.3, -0.25) is 24.7 Å². The first-order valence-corrected chi connectivity index (χ1v) is 11.6. The summed E-state index contributed by atoms with van der Waals surface area (Å²) in [6.07, 6.45) is 1.03. The molecule has 10 heteroatoms. The van der Waals surface area contributed by atoms with E-state index in [1.807, 2.05) is 18.4 Å². The van der Waals surface area contributed by atoms with Crippen molar-refractivity contribution >= 4 is 38.6 Å². The number of benzene rings is 2. The largest absolute Gasteiger partial charge is 0.329 e. The molecule has 2 N–H and O–H groups in total. The van der Waals surface area contributed by atoms with Gasteiger partial charge in [0.05, 0.1) is 23.0 Å². The Kier molecular flexibility index (Phi) is 6.30. The molecular weight excluding hydrogens is 418 g/mol. The Hall–Kier alpha value is -3.40. The molecule has 2 aromatic carbocycles. The highest BCUT2D eigenvalue weighted by atomic mass is 32.2. The fraction of sp³-hybridized carbons (Fsp3) is 0.286. The minimum atomic E-state index is -3.71. The highest BCUT2D eigenvalue weighted by Crippen LogP contribution is 2.21. The van der Waals surface area contributed by atoms with Crippen LogP contribution in [0.3, 0.4) is 0 Å². The van der Waals surface area contributed by atoms with Crippen molar-refractivity contribution in [1.82, 2.24) is 20.4 Å². The van der Waals surface area contributed by atoms with E-state index in [0.29, 0.717) is 22.3 Å². The lowest BCUT2D eigenvalue weighted by Gasteiger charge is -2.23. The molecule has 31 heavy (non-hydrogen) atoms. The van der Waals surface area contributed by atoms with E-state index in [2.05, 4.69) is 15.8 Å². The maximum absolute atomic E-state index is 12.5. The summed E-state index contributed by atoms with van der Waals surface area (Å²) in [5.41, 5.74) is 7.64. The number of aryl methyl sites for hydroxylation is 3. The van der Waals surface area contributed by atoms with Gasteiger partial charge in [0.25, 0.3) is 11.8 Å². The van der Waals surface area contributed by atoms with Gasteiger partial charge in [0.15, 0.2) is 0 Å². The molecule has 0 atom stereocenters. The Morgan fingerprint density at radius 1 is 1.10 bits per heavy atom. The van der Waals surface area contributed by atoms with E-state index in [9.17, 15) is 18.0 Å². The number of nitrogens with one attached hydrogen (secondary N) is 2. The van der Waals surface area contributed by atoms with Crippen LogP contribution in [-0.2, 0) is 21.4 Å². The van der Waals surface area contributed by atoms with Crippen LogP contribution in [0.4, 0.5) is 5.69 Å². The maximum atomic E-state index is 12.5. The number of carbonyl (C=O) groups excluding carboxylic acids is 2. The van der Waals surface area contributed by atoms with Crippen LogP contribution < -0.4 is 15.2 Å². The Morgan fingerprint density at radius 3 is 2.45 bits per heavy atom. The quantitative estimate of drug-likeness (QED) is 0.565. The first-order chi connectivity index (χ1) is 14.6. The number of rotatable bonds is 6. The number of sulfonamides is 1. The normalized spacial score (nSPS) is 11.4. The van der Waals surface area contributed by atoms with Crippen LogP contribution in [0.15, 0.2) is 42.5 Å². The minimum absolute atomic E-state index is 0.326. The molecule has 3 rings (SSSR count). The van der Waals surface area contributed by atoms with Gasteiger partial charge >= 0.3 is 0 Å². The number of anilines is 1. The van der Waals surface area contributed by atoms with E-state index in [0.717, 1.165) is 28.4 Å². The maximum Gasteiger partial charge on any atom is 0.269 e. The summed E-state index contributed by atoms with van der Waals surface area (Å²) in [4.78, 5) is 29.3. The zero-order chi connectivity index (χ0) is 22.8.